The molecule has 3 heterocycles. The van der Waals surface area contributed by atoms with Gasteiger partial charge in [-0.05, 0) is 69.0 Å². The van der Waals surface area contributed by atoms with Crippen LogP contribution in [0.25, 0.3) is 10.9 Å². The fraction of sp³-hybridized carbons (Fsp3) is 0.476. The predicted molar refractivity (Wildman–Crippen MR) is 104 cm³/mol. The molecule has 6 heteroatoms. The van der Waals surface area contributed by atoms with Crippen LogP contribution in [0.15, 0.2) is 36.5 Å². The van der Waals surface area contributed by atoms with Crippen molar-refractivity contribution in [1.82, 2.24) is 14.8 Å². The van der Waals surface area contributed by atoms with Crippen LogP contribution in [0.2, 0.25) is 0 Å². The van der Waals surface area contributed by atoms with Gasteiger partial charge in [0, 0.05) is 30.2 Å². The second-order valence-corrected chi connectivity index (χ2v) is 7.95. The quantitative estimate of drug-likeness (QED) is 0.882. The van der Waals surface area contributed by atoms with E-state index < -0.39 is 0 Å². The van der Waals surface area contributed by atoms with E-state index in [1.54, 1.807) is 6.20 Å². The molecular formula is C21H26N4O2. The highest BCUT2D eigenvalue weighted by atomic mass is 16.2. The first-order valence-electron chi connectivity index (χ1n) is 9.64. The zero-order valence-electron chi connectivity index (χ0n) is 15.7. The number of aromatic nitrogens is 1. The number of nitrogens with zero attached hydrogens (tertiary/aromatic N) is 3. The number of carbonyl (C=O) groups is 2. The maximum absolute atomic E-state index is 13.0. The molecule has 2 aliphatic heterocycles. The first-order valence-corrected chi connectivity index (χ1v) is 9.64. The van der Waals surface area contributed by atoms with E-state index in [1.165, 1.54) is 0 Å². The summed E-state index contributed by atoms with van der Waals surface area (Å²) in [6.45, 7) is 2.24. The van der Waals surface area contributed by atoms with Crippen LogP contribution in [-0.2, 0) is 4.79 Å². The van der Waals surface area contributed by atoms with Crippen molar-refractivity contribution < 1.29 is 9.59 Å². The average Bonchev–Trinajstić information content (AvgIpc) is 2.67. The number of likely N-dealkylation sites (tertiary alicyclic amines) is 2. The van der Waals surface area contributed by atoms with Gasteiger partial charge in [-0.3, -0.25) is 19.5 Å². The summed E-state index contributed by atoms with van der Waals surface area (Å²) in [7, 11) is 1.98. The van der Waals surface area contributed by atoms with E-state index in [1.807, 2.05) is 42.3 Å². The molecule has 2 amide bonds. The Balaban J connectivity index is 1.51. The van der Waals surface area contributed by atoms with Crippen molar-refractivity contribution in [2.45, 2.75) is 31.7 Å². The lowest BCUT2D eigenvalue weighted by atomic mass is 9.66. The number of amides is 2. The average molecular weight is 366 g/mol. The Bertz CT molecular complexity index is 873. The third-order valence-corrected chi connectivity index (χ3v) is 6.37. The Kier molecular flexibility index (Phi) is 4.60. The monoisotopic (exact) mass is 366 g/mol. The molecule has 0 saturated carbocycles. The minimum absolute atomic E-state index is 0.0513. The standard InChI is InChI=1S/C21H26N4O2/c1-24-11-3-7-21(18(24)19(22)26)8-12-25(13-9-21)20(27)16-5-6-17-15(14-16)4-2-10-23-17/h2,4-6,10,14,18H,3,7-9,11-13H2,1H3,(H2,22,26). The van der Waals surface area contributed by atoms with Crippen molar-refractivity contribution in [3.63, 3.8) is 0 Å². The summed E-state index contributed by atoms with van der Waals surface area (Å²) in [5.41, 5.74) is 7.22. The van der Waals surface area contributed by atoms with Gasteiger partial charge < -0.3 is 10.6 Å². The summed E-state index contributed by atoms with van der Waals surface area (Å²) >= 11 is 0. The number of hydrogen-bond donors (Lipinski definition) is 1. The molecule has 0 bridgehead atoms. The number of fused-ring (bicyclic) bond motifs is 1. The van der Waals surface area contributed by atoms with Gasteiger partial charge in [-0.1, -0.05) is 6.07 Å². The second-order valence-electron chi connectivity index (χ2n) is 7.95. The summed E-state index contributed by atoms with van der Waals surface area (Å²) in [5, 5.41) is 0.972. The van der Waals surface area contributed by atoms with Crippen LogP contribution < -0.4 is 5.73 Å². The van der Waals surface area contributed by atoms with Crippen molar-refractivity contribution >= 4 is 22.7 Å². The molecule has 142 valence electrons. The van der Waals surface area contributed by atoms with Gasteiger partial charge in [0.1, 0.15) is 0 Å². The largest absolute Gasteiger partial charge is 0.368 e. The van der Waals surface area contributed by atoms with Gasteiger partial charge in [-0.25, -0.2) is 0 Å². The predicted octanol–water partition coefficient (Wildman–Crippen LogP) is 2.04. The lowest BCUT2D eigenvalue weighted by Crippen LogP contribution is -2.60. The van der Waals surface area contributed by atoms with E-state index in [0.717, 1.165) is 43.1 Å². The van der Waals surface area contributed by atoms with Crippen LogP contribution >= 0.6 is 0 Å². The molecule has 2 fully saturated rings. The van der Waals surface area contributed by atoms with Gasteiger partial charge in [0.2, 0.25) is 5.91 Å². The number of likely N-dealkylation sites (N-methyl/N-ethyl adjacent to an activating group) is 1. The molecule has 0 aliphatic carbocycles. The van der Waals surface area contributed by atoms with E-state index in [-0.39, 0.29) is 23.3 Å². The minimum Gasteiger partial charge on any atom is -0.368 e. The third-order valence-electron chi connectivity index (χ3n) is 6.37. The Labute approximate surface area is 159 Å². The van der Waals surface area contributed by atoms with Gasteiger partial charge in [0.05, 0.1) is 11.6 Å². The van der Waals surface area contributed by atoms with Crippen molar-refractivity contribution in [2.75, 3.05) is 26.7 Å². The molecule has 2 aliphatic rings. The topological polar surface area (TPSA) is 79.5 Å². The maximum atomic E-state index is 13.0. The van der Waals surface area contributed by atoms with Gasteiger partial charge in [0.15, 0.2) is 0 Å². The van der Waals surface area contributed by atoms with E-state index in [9.17, 15) is 9.59 Å². The number of pyridine rings is 1. The fourth-order valence-electron chi connectivity index (χ4n) is 5.00. The molecule has 0 radical (unpaired) electrons. The van der Waals surface area contributed by atoms with E-state index in [0.29, 0.717) is 18.7 Å². The summed E-state index contributed by atoms with van der Waals surface area (Å²) in [6, 6.07) is 9.28. The third kappa shape index (κ3) is 3.18. The number of benzene rings is 1. The highest BCUT2D eigenvalue weighted by molar-refractivity contribution is 5.98. The van der Waals surface area contributed by atoms with E-state index in [2.05, 4.69) is 9.88 Å². The molecule has 1 spiro atoms. The number of carbonyl (C=O) groups excluding carboxylic acids is 2. The van der Waals surface area contributed by atoms with E-state index in [4.69, 9.17) is 5.73 Å². The number of hydrogen-bond acceptors (Lipinski definition) is 4. The van der Waals surface area contributed by atoms with Gasteiger partial charge in [-0.15, -0.1) is 0 Å². The Morgan fingerprint density at radius 2 is 1.93 bits per heavy atom. The molecule has 1 aromatic heterocycles. The molecule has 27 heavy (non-hydrogen) atoms. The summed E-state index contributed by atoms with van der Waals surface area (Å²) < 4.78 is 0. The van der Waals surface area contributed by atoms with Crippen LogP contribution in [0.1, 0.15) is 36.0 Å². The Morgan fingerprint density at radius 3 is 2.67 bits per heavy atom. The SMILES string of the molecule is CN1CCCC2(CCN(C(=O)c3ccc4ncccc4c3)CC2)C1C(N)=O. The molecule has 2 aromatic rings. The van der Waals surface area contributed by atoms with Crippen molar-refractivity contribution in [3.05, 3.63) is 42.1 Å². The lowest BCUT2D eigenvalue weighted by Gasteiger charge is -2.51. The first-order chi connectivity index (χ1) is 13.0. The van der Waals surface area contributed by atoms with Gasteiger partial charge >= 0.3 is 0 Å². The van der Waals surface area contributed by atoms with Crippen LogP contribution in [0.5, 0.6) is 0 Å². The van der Waals surface area contributed by atoms with Crippen LogP contribution in [0, 0.1) is 5.41 Å². The Morgan fingerprint density at radius 1 is 1.15 bits per heavy atom. The summed E-state index contributed by atoms with van der Waals surface area (Å²) in [5.74, 6) is -0.186. The second kappa shape index (κ2) is 6.93. The minimum atomic E-state index is -0.237. The van der Waals surface area contributed by atoms with Crippen molar-refractivity contribution in [3.8, 4) is 0 Å². The molecule has 1 unspecified atom stereocenters. The normalized spacial score (nSPS) is 22.9. The number of rotatable bonds is 2. The molecule has 1 aromatic carbocycles. The van der Waals surface area contributed by atoms with Crippen LogP contribution in [-0.4, -0.2) is 59.3 Å². The fourth-order valence-corrected chi connectivity index (χ4v) is 5.00. The van der Waals surface area contributed by atoms with Crippen LogP contribution in [0.3, 0.4) is 0 Å². The highest BCUT2D eigenvalue weighted by Gasteiger charge is 2.48. The van der Waals surface area contributed by atoms with Gasteiger partial charge in [0.25, 0.3) is 5.91 Å². The number of nitrogens with two attached hydrogens (primary N) is 1. The summed E-state index contributed by atoms with van der Waals surface area (Å²) in [6.07, 6.45) is 5.49. The number of piperidine rings is 2. The lowest BCUT2D eigenvalue weighted by molar-refractivity contribution is -0.132. The van der Waals surface area contributed by atoms with Crippen molar-refractivity contribution in [2.24, 2.45) is 11.1 Å². The molecule has 2 N–H and O–H groups in total. The smallest absolute Gasteiger partial charge is 0.253 e. The number of primary amides is 1. The molecule has 6 nitrogen and oxygen atoms in total. The zero-order chi connectivity index (χ0) is 19.0. The molecular weight excluding hydrogens is 340 g/mol. The molecule has 2 saturated heterocycles. The van der Waals surface area contributed by atoms with Gasteiger partial charge in [-0.2, -0.15) is 0 Å². The highest BCUT2D eigenvalue weighted by Crippen LogP contribution is 2.44. The summed E-state index contributed by atoms with van der Waals surface area (Å²) in [4.78, 5) is 33.4. The maximum Gasteiger partial charge on any atom is 0.253 e. The zero-order valence-corrected chi connectivity index (χ0v) is 15.7. The van der Waals surface area contributed by atoms with E-state index >= 15 is 0 Å². The molecule has 4 rings (SSSR count). The van der Waals surface area contributed by atoms with Crippen molar-refractivity contribution in [1.29, 1.82) is 0 Å². The Hall–Kier alpha value is -2.47. The first kappa shape index (κ1) is 17.9. The van der Waals surface area contributed by atoms with Crippen LogP contribution in [0.4, 0.5) is 0 Å². The molecule has 1 atom stereocenters.